The van der Waals surface area contributed by atoms with Gasteiger partial charge in [-0.25, -0.2) is 14.4 Å². The van der Waals surface area contributed by atoms with Gasteiger partial charge in [0.05, 0.1) is 23.3 Å². The van der Waals surface area contributed by atoms with Crippen molar-refractivity contribution in [3.63, 3.8) is 0 Å². The summed E-state index contributed by atoms with van der Waals surface area (Å²) < 4.78 is 16.0. The Kier molecular flexibility index (Phi) is 5.98. The molecule has 2 unspecified atom stereocenters. The van der Waals surface area contributed by atoms with Crippen molar-refractivity contribution in [2.75, 3.05) is 0 Å². The molecule has 2 aliphatic heterocycles. The van der Waals surface area contributed by atoms with Gasteiger partial charge in [-0.05, 0) is 54.1 Å². The first-order valence-electron chi connectivity index (χ1n) is 12.8. The summed E-state index contributed by atoms with van der Waals surface area (Å²) in [5.41, 5.74) is 10.5. The molecule has 1 aromatic heterocycles. The largest absolute Gasteiger partial charge is 0.508 e. The van der Waals surface area contributed by atoms with Crippen LogP contribution in [-0.2, 0) is 13.0 Å². The van der Waals surface area contributed by atoms with Crippen molar-refractivity contribution in [1.82, 2.24) is 9.58 Å². The summed E-state index contributed by atoms with van der Waals surface area (Å²) in [6.07, 6.45) is 1.61. The molecule has 0 saturated carbocycles. The van der Waals surface area contributed by atoms with Gasteiger partial charge in [-0.1, -0.05) is 43.3 Å². The molecule has 3 aromatic carbocycles. The monoisotopic (exact) mass is 522 g/mol. The first kappa shape index (κ1) is 24.5. The van der Waals surface area contributed by atoms with Gasteiger partial charge in [0.1, 0.15) is 29.7 Å². The lowest BCUT2D eigenvalue weighted by atomic mass is 9.93. The number of benzene rings is 3. The number of hydrogen-bond acceptors (Lipinski definition) is 7. The van der Waals surface area contributed by atoms with E-state index in [1.54, 1.807) is 9.58 Å². The van der Waals surface area contributed by atoms with Crippen LogP contribution >= 0.6 is 0 Å². The predicted molar refractivity (Wildman–Crippen MR) is 151 cm³/mol. The number of halogens is 1. The molecule has 9 heteroatoms. The molecule has 0 bridgehead atoms. The van der Waals surface area contributed by atoms with Gasteiger partial charge in [0.25, 0.3) is 5.56 Å². The topological polar surface area (TPSA) is 109 Å². The smallest absolute Gasteiger partial charge is 0.263 e. The van der Waals surface area contributed by atoms with Crippen LogP contribution in [-0.4, -0.2) is 38.7 Å². The minimum Gasteiger partial charge on any atom is -0.508 e. The molecule has 39 heavy (non-hydrogen) atoms. The van der Waals surface area contributed by atoms with E-state index in [0.717, 1.165) is 40.4 Å². The molecule has 8 nitrogen and oxygen atoms in total. The highest BCUT2D eigenvalue weighted by molar-refractivity contribution is 6.17. The first-order chi connectivity index (χ1) is 18.9. The summed E-state index contributed by atoms with van der Waals surface area (Å²) in [6, 6.07) is 19.5. The Morgan fingerprint density at radius 2 is 1.90 bits per heavy atom. The molecule has 0 saturated heterocycles. The quantitative estimate of drug-likeness (QED) is 0.408. The average molecular weight is 523 g/mol. The SMILES string of the molecule is CCc1ccccc1-n1c(CN2N=C(c3cc(O)cc(F)c3)C3C(N)=NC=NC32)cc2cccc(C)c2c1=O. The predicted octanol–water partition coefficient (Wildman–Crippen LogP) is 4.27. The van der Waals surface area contributed by atoms with Crippen LogP contribution in [0.1, 0.15) is 29.3 Å². The van der Waals surface area contributed by atoms with Crippen LogP contribution in [0.5, 0.6) is 5.75 Å². The third kappa shape index (κ3) is 4.16. The summed E-state index contributed by atoms with van der Waals surface area (Å²) >= 11 is 0. The molecule has 0 spiro atoms. The second-order valence-corrected chi connectivity index (χ2v) is 9.79. The normalized spacial score (nSPS) is 18.3. The summed E-state index contributed by atoms with van der Waals surface area (Å²) in [5.74, 6) is -1.05. The Hall–Kier alpha value is -4.79. The number of hydrazone groups is 1. The molecule has 3 N–H and O–H groups in total. The number of amidine groups is 1. The number of pyridine rings is 1. The number of phenolic OH excluding ortho intramolecular Hbond substituents is 1. The van der Waals surface area contributed by atoms with Crippen LogP contribution in [0, 0.1) is 18.7 Å². The number of phenols is 1. The molecular formula is C30H27FN6O2. The third-order valence-corrected chi connectivity index (χ3v) is 7.33. The van der Waals surface area contributed by atoms with Crippen LogP contribution < -0.4 is 11.3 Å². The van der Waals surface area contributed by atoms with E-state index in [2.05, 4.69) is 16.9 Å². The summed E-state index contributed by atoms with van der Waals surface area (Å²) in [5, 5.41) is 18.1. The fourth-order valence-electron chi connectivity index (χ4n) is 5.53. The molecule has 0 amide bonds. The lowest BCUT2D eigenvalue weighted by Crippen LogP contribution is -2.42. The maximum Gasteiger partial charge on any atom is 0.263 e. The van der Waals surface area contributed by atoms with Gasteiger partial charge in [0.2, 0.25) is 0 Å². The van der Waals surface area contributed by atoms with E-state index in [1.165, 1.54) is 18.5 Å². The van der Waals surface area contributed by atoms with E-state index in [4.69, 9.17) is 10.8 Å². The van der Waals surface area contributed by atoms with E-state index in [9.17, 15) is 14.3 Å². The van der Waals surface area contributed by atoms with Gasteiger partial charge < -0.3 is 10.8 Å². The number of aromatic nitrogens is 1. The van der Waals surface area contributed by atoms with E-state index in [-0.39, 0.29) is 17.9 Å². The fourth-order valence-corrected chi connectivity index (χ4v) is 5.53. The average Bonchev–Trinajstić information content (AvgIpc) is 3.28. The zero-order valence-electron chi connectivity index (χ0n) is 21.5. The second-order valence-electron chi connectivity index (χ2n) is 9.79. The van der Waals surface area contributed by atoms with Crippen LogP contribution in [0.2, 0.25) is 0 Å². The lowest BCUT2D eigenvalue weighted by molar-refractivity contribution is 0.210. The van der Waals surface area contributed by atoms with E-state index in [0.29, 0.717) is 22.5 Å². The van der Waals surface area contributed by atoms with Crippen molar-refractivity contribution in [3.05, 3.63) is 105 Å². The number of nitrogens with two attached hydrogens (primary N) is 1. The van der Waals surface area contributed by atoms with Crippen molar-refractivity contribution in [2.45, 2.75) is 33.0 Å². The van der Waals surface area contributed by atoms with Crippen molar-refractivity contribution in [2.24, 2.45) is 26.7 Å². The van der Waals surface area contributed by atoms with E-state index < -0.39 is 17.9 Å². The van der Waals surface area contributed by atoms with Crippen LogP contribution in [0.15, 0.2) is 86.6 Å². The maximum absolute atomic E-state index is 14.2. The first-order valence-corrected chi connectivity index (χ1v) is 12.8. The number of fused-ring (bicyclic) bond motifs is 2. The zero-order valence-corrected chi connectivity index (χ0v) is 21.5. The Morgan fingerprint density at radius 1 is 1.08 bits per heavy atom. The Bertz CT molecular complexity index is 1750. The summed E-state index contributed by atoms with van der Waals surface area (Å²) in [4.78, 5) is 22.8. The Labute approximate surface area is 224 Å². The van der Waals surface area contributed by atoms with Gasteiger partial charge in [-0.15, -0.1) is 0 Å². The minimum atomic E-state index is -0.590. The summed E-state index contributed by atoms with van der Waals surface area (Å²) in [7, 11) is 0. The molecule has 2 aliphatic rings. The standard InChI is InChI=1S/C30H27FN6O2/c1-3-18-8-4-5-10-24(18)37-22(12-19-9-6-7-17(2)25(19)30(37)39)15-36-29-26(28(32)33-16-34-29)27(35-36)20-11-21(31)14-23(38)13-20/h4-14,16,26,29,38H,3,15H2,1-2H3,(H2,32,33,34). The Morgan fingerprint density at radius 3 is 2.69 bits per heavy atom. The highest BCUT2D eigenvalue weighted by Gasteiger charge is 2.42. The number of aryl methyl sites for hydroxylation is 2. The van der Waals surface area contributed by atoms with Gasteiger partial charge in [0, 0.05) is 17.3 Å². The van der Waals surface area contributed by atoms with Gasteiger partial charge in [-0.2, -0.15) is 5.10 Å². The number of aliphatic imine (C=N–C) groups is 2. The maximum atomic E-state index is 14.2. The number of aromatic hydroxyl groups is 1. The zero-order chi connectivity index (χ0) is 27.3. The number of hydrogen-bond donors (Lipinski definition) is 2. The second kappa shape index (κ2) is 9.50. The molecule has 196 valence electrons. The minimum absolute atomic E-state index is 0.107. The van der Waals surface area contributed by atoms with Crippen molar-refractivity contribution in [1.29, 1.82) is 0 Å². The van der Waals surface area contributed by atoms with Crippen molar-refractivity contribution >= 4 is 28.7 Å². The number of rotatable bonds is 5. The molecule has 6 rings (SSSR count). The Balaban J connectivity index is 1.54. The molecule has 0 fully saturated rings. The van der Waals surface area contributed by atoms with Crippen molar-refractivity contribution in [3.8, 4) is 11.4 Å². The molecule has 2 atom stereocenters. The van der Waals surface area contributed by atoms with Crippen molar-refractivity contribution < 1.29 is 9.50 Å². The van der Waals surface area contributed by atoms with Crippen LogP contribution in [0.4, 0.5) is 4.39 Å². The van der Waals surface area contributed by atoms with Crippen LogP contribution in [0.25, 0.3) is 16.5 Å². The summed E-state index contributed by atoms with van der Waals surface area (Å²) in [6.45, 7) is 4.23. The third-order valence-electron chi connectivity index (χ3n) is 7.33. The lowest BCUT2D eigenvalue weighted by Gasteiger charge is -2.27. The molecule has 0 radical (unpaired) electrons. The van der Waals surface area contributed by atoms with Gasteiger partial charge in [-0.3, -0.25) is 14.4 Å². The number of nitrogens with zero attached hydrogens (tertiary/aromatic N) is 5. The van der Waals surface area contributed by atoms with Gasteiger partial charge >= 0.3 is 0 Å². The number of para-hydroxylation sites is 1. The molecule has 0 aliphatic carbocycles. The fraction of sp³-hybridized carbons (Fsp3) is 0.200. The van der Waals surface area contributed by atoms with E-state index in [1.807, 2.05) is 55.5 Å². The van der Waals surface area contributed by atoms with E-state index >= 15 is 0 Å². The molecule has 4 aromatic rings. The highest BCUT2D eigenvalue weighted by atomic mass is 19.1. The van der Waals surface area contributed by atoms with Crippen LogP contribution in [0.3, 0.4) is 0 Å². The molecular weight excluding hydrogens is 495 g/mol. The molecule has 3 heterocycles. The highest BCUT2D eigenvalue weighted by Crippen LogP contribution is 2.32. The van der Waals surface area contributed by atoms with Gasteiger partial charge in [0.15, 0.2) is 6.17 Å².